The number of halogens is 1. The molecule has 1 heterocycles. The molecule has 0 aliphatic heterocycles. The van der Waals surface area contributed by atoms with Crippen molar-refractivity contribution in [1.82, 2.24) is 10.2 Å². The van der Waals surface area contributed by atoms with Crippen LogP contribution in [0.25, 0.3) is 0 Å². The van der Waals surface area contributed by atoms with E-state index in [1.165, 1.54) is 5.56 Å². The maximum Gasteiger partial charge on any atom is 0.243 e. The molecule has 0 spiro atoms. The third kappa shape index (κ3) is 6.07. The van der Waals surface area contributed by atoms with Crippen LogP contribution in [0.5, 0.6) is 0 Å². The predicted octanol–water partition coefficient (Wildman–Crippen LogP) is 3.01. The summed E-state index contributed by atoms with van der Waals surface area (Å²) in [6, 6.07) is 7.65. The minimum absolute atomic E-state index is 0.0410. The minimum atomic E-state index is -0.241. The number of nitrogens with zero attached hydrogens (tertiary/aromatic N) is 1. The third-order valence-electron chi connectivity index (χ3n) is 3.35. The molecule has 0 fully saturated rings. The van der Waals surface area contributed by atoms with Gasteiger partial charge in [-0.15, -0.1) is 0 Å². The van der Waals surface area contributed by atoms with Crippen LogP contribution in [0.15, 0.2) is 39.5 Å². The van der Waals surface area contributed by atoms with Gasteiger partial charge in [-0.25, -0.2) is 0 Å². The average Bonchev–Trinajstić information content (AvgIpc) is 3.01. The number of anilines is 1. The van der Waals surface area contributed by atoms with Crippen LogP contribution in [0.1, 0.15) is 11.1 Å². The lowest BCUT2D eigenvalue weighted by atomic mass is 10.2. The Morgan fingerprint density at radius 1 is 1.25 bits per heavy atom. The first-order valence-electron chi connectivity index (χ1n) is 7.46. The lowest BCUT2D eigenvalue weighted by molar-refractivity contribution is -0.124. The topological polar surface area (TPSA) is 61.4 Å². The summed E-state index contributed by atoms with van der Waals surface area (Å²) < 4.78 is 0.958. The van der Waals surface area contributed by atoms with Gasteiger partial charge >= 0.3 is 0 Å². The molecular weight excluding hydrogens is 390 g/mol. The molecule has 0 atom stereocenters. The summed E-state index contributed by atoms with van der Waals surface area (Å²) in [5.74, 6) is -0.412. The normalized spacial score (nSPS) is 10.7. The average molecular weight is 410 g/mol. The minimum Gasteiger partial charge on any atom is -0.346 e. The molecule has 0 bridgehead atoms. The first-order valence-corrected chi connectivity index (χ1v) is 9.20. The van der Waals surface area contributed by atoms with E-state index in [9.17, 15) is 9.59 Å². The molecule has 0 saturated carbocycles. The molecule has 24 heavy (non-hydrogen) atoms. The molecule has 0 aliphatic carbocycles. The highest BCUT2D eigenvalue weighted by atomic mass is 79.9. The maximum atomic E-state index is 11.9. The smallest absolute Gasteiger partial charge is 0.243 e. The van der Waals surface area contributed by atoms with Crippen LogP contribution in [0.2, 0.25) is 0 Å². The Kier molecular flexibility index (Phi) is 6.96. The van der Waals surface area contributed by atoms with E-state index in [1.807, 2.05) is 48.5 Å². The molecule has 2 N–H and O–H groups in total. The lowest BCUT2D eigenvalue weighted by Gasteiger charge is -2.15. The van der Waals surface area contributed by atoms with Crippen LogP contribution in [-0.2, 0) is 16.1 Å². The van der Waals surface area contributed by atoms with Crippen molar-refractivity contribution in [2.75, 3.05) is 25.5 Å². The second-order valence-corrected chi connectivity index (χ2v) is 7.28. The fraction of sp³-hybridized carbons (Fsp3) is 0.294. The Balaban J connectivity index is 1.73. The number of thiophene rings is 1. The number of aryl methyl sites for hydroxylation is 1. The van der Waals surface area contributed by atoms with Crippen LogP contribution in [0.4, 0.5) is 5.69 Å². The van der Waals surface area contributed by atoms with Crippen molar-refractivity contribution < 1.29 is 9.59 Å². The molecule has 1 aromatic heterocycles. The van der Waals surface area contributed by atoms with Crippen molar-refractivity contribution in [2.45, 2.75) is 13.5 Å². The second-order valence-electron chi connectivity index (χ2n) is 5.59. The van der Waals surface area contributed by atoms with Gasteiger partial charge in [0.25, 0.3) is 0 Å². The molecule has 2 rings (SSSR count). The SMILES string of the molecule is Cc1cc(Br)ccc1NC(=O)CNC(=O)CN(C)Cc1ccsc1. The van der Waals surface area contributed by atoms with Gasteiger partial charge in [0.05, 0.1) is 13.1 Å². The van der Waals surface area contributed by atoms with E-state index in [0.717, 1.165) is 15.7 Å². The van der Waals surface area contributed by atoms with Crippen molar-refractivity contribution in [2.24, 2.45) is 0 Å². The molecule has 0 aliphatic rings. The monoisotopic (exact) mass is 409 g/mol. The number of amides is 2. The van der Waals surface area contributed by atoms with Gasteiger partial charge in [-0.2, -0.15) is 11.3 Å². The van der Waals surface area contributed by atoms with Gasteiger partial charge in [0.1, 0.15) is 0 Å². The summed E-state index contributed by atoms with van der Waals surface area (Å²) in [5, 5.41) is 9.51. The van der Waals surface area contributed by atoms with E-state index < -0.39 is 0 Å². The summed E-state index contributed by atoms with van der Waals surface area (Å²) in [5.41, 5.74) is 2.88. The Morgan fingerprint density at radius 3 is 2.71 bits per heavy atom. The molecule has 2 aromatic rings. The molecule has 1 aromatic carbocycles. The molecule has 0 unspecified atom stereocenters. The Labute approximate surface area is 154 Å². The van der Waals surface area contributed by atoms with E-state index in [-0.39, 0.29) is 24.9 Å². The predicted molar refractivity (Wildman–Crippen MR) is 101 cm³/mol. The number of hydrogen-bond donors (Lipinski definition) is 2. The second kappa shape index (κ2) is 8.96. The third-order valence-corrected chi connectivity index (χ3v) is 4.58. The van der Waals surface area contributed by atoms with Gasteiger partial charge in [0.15, 0.2) is 0 Å². The molecule has 128 valence electrons. The van der Waals surface area contributed by atoms with Crippen molar-refractivity contribution in [1.29, 1.82) is 0 Å². The molecule has 5 nitrogen and oxygen atoms in total. The van der Waals surface area contributed by atoms with Gasteiger partial charge in [-0.1, -0.05) is 15.9 Å². The standard InChI is InChI=1S/C17H20BrN3O2S/c1-12-7-14(18)3-4-15(12)20-16(22)8-19-17(23)10-21(2)9-13-5-6-24-11-13/h3-7,11H,8-10H2,1-2H3,(H,19,23)(H,20,22). The highest BCUT2D eigenvalue weighted by molar-refractivity contribution is 9.10. The number of benzene rings is 1. The lowest BCUT2D eigenvalue weighted by Crippen LogP contribution is -2.39. The molecule has 7 heteroatoms. The van der Waals surface area contributed by atoms with Crippen LogP contribution >= 0.6 is 27.3 Å². The Hall–Kier alpha value is -1.70. The molecule has 0 radical (unpaired) electrons. The van der Waals surface area contributed by atoms with Crippen molar-refractivity contribution >= 4 is 44.8 Å². The number of nitrogens with one attached hydrogen (secondary N) is 2. The van der Waals surface area contributed by atoms with Crippen molar-refractivity contribution in [3.05, 3.63) is 50.6 Å². The van der Waals surface area contributed by atoms with Crippen molar-refractivity contribution in [3.63, 3.8) is 0 Å². The fourth-order valence-electron chi connectivity index (χ4n) is 2.19. The summed E-state index contributed by atoms with van der Waals surface area (Å²) in [6.45, 7) is 2.83. The van der Waals surface area contributed by atoms with Gasteiger partial charge in [-0.05, 0) is 60.1 Å². The Bertz CT molecular complexity index is 704. The maximum absolute atomic E-state index is 11.9. The zero-order valence-electron chi connectivity index (χ0n) is 13.6. The molecular formula is C17H20BrN3O2S. The zero-order valence-corrected chi connectivity index (χ0v) is 16.0. The highest BCUT2D eigenvalue weighted by Crippen LogP contribution is 2.19. The first-order chi connectivity index (χ1) is 11.4. The summed E-state index contributed by atoms with van der Waals surface area (Å²) >= 11 is 5.02. The zero-order chi connectivity index (χ0) is 17.5. The molecule has 0 saturated heterocycles. The van der Waals surface area contributed by atoms with E-state index in [2.05, 4.69) is 31.9 Å². The first kappa shape index (κ1) is 18.6. The Morgan fingerprint density at radius 2 is 2.04 bits per heavy atom. The van der Waals surface area contributed by atoms with Crippen LogP contribution in [-0.4, -0.2) is 36.9 Å². The van der Waals surface area contributed by atoms with Gasteiger partial charge in [0, 0.05) is 16.7 Å². The summed E-state index contributed by atoms with van der Waals surface area (Å²) in [4.78, 5) is 25.8. The van der Waals surface area contributed by atoms with Crippen LogP contribution in [0.3, 0.4) is 0 Å². The van der Waals surface area contributed by atoms with Gasteiger partial charge < -0.3 is 10.6 Å². The fourth-order valence-corrected chi connectivity index (χ4v) is 3.33. The number of carbonyl (C=O) groups excluding carboxylic acids is 2. The van der Waals surface area contributed by atoms with Gasteiger partial charge in [0.2, 0.25) is 11.8 Å². The van der Waals surface area contributed by atoms with E-state index in [4.69, 9.17) is 0 Å². The highest BCUT2D eigenvalue weighted by Gasteiger charge is 2.10. The van der Waals surface area contributed by atoms with Gasteiger partial charge in [-0.3, -0.25) is 14.5 Å². The number of hydrogen-bond acceptors (Lipinski definition) is 4. The summed E-state index contributed by atoms with van der Waals surface area (Å²) in [6.07, 6.45) is 0. The quantitative estimate of drug-likeness (QED) is 0.738. The van der Waals surface area contributed by atoms with Crippen LogP contribution < -0.4 is 10.6 Å². The van der Waals surface area contributed by atoms with Crippen molar-refractivity contribution in [3.8, 4) is 0 Å². The molecule has 2 amide bonds. The van der Waals surface area contributed by atoms with Crippen LogP contribution in [0, 0.1) is 6.92 Å². The van der Waals surface area contributed by atoms with E-state index in [0.29, 0.717) is 6.54 Å². The number of carbonyl (C=O) groups is 2. The largest absolute Gasteiger partial charge is 0.346 e. The van der Waals surface area contributed by atoms with E-state index >= 15 is 0 Å². The number of rotatable bonds is 7. The summed E-state index contributed by atoms with van der Waals surface area (Å²) in [7, 11) is 1.88. The number of likely N-dealkylation sites (N-methyl/N-ethyl adjacent to an activating group) is 1. The van der Waals surface area contributed by atoms with E-state index in [1.54, 1.807) is 11.3 Å².